The normalized spacial score (nSPS) is 21.8. The predicted octanol–water partition coefficient (Wildman–Crippen LogP) is 3.40. The molecule has 1 heterocycles. The minimum atomic E-state index is 0.379. The first-order valence-electron chi connectivity index (χ1n) is 8.03. The summed E-state index contributed by atoms with van der Waals surface area (Å²) in [6.45, 7) is 7.47. The highest BCUT2D eigenvalue weighted by Crippen LogP contribution is 2.31. The molecule has 5 nitrogen and oxygen atoms in total. The Kier molecular flexibility index (Phi) is 5.79. The number of hydrogen-bond acceptors (Lipinski definition) is 5. The Morgan fingerprint density at radius 2 is 2.05 bits per heavy atom. The van der Waals surface area contributed by atoms with Crippen molar-refractivity contribution in [3.63, 3.8) is 0 Å². The van der Waals surface area contributed by atoms with Gasteiger partial charge in [0.15, 0.2) is 0 Å². The van der Waals surface area contributed by atoms with Gasteiger partial charge in [0.2, 0.25) is 0 Å². The molecule has 1 aliphatic rings. The second-order valence-corrected chi connectivity index (χ2v) is 6.08. The first-order chi connectivity index (χ1) is 10.2. The van der Waals surface area contributed by atoms with Gasteiger partial charge >= 0.3 is 0 Å². The number of nitrogens with zero attached hydrogens (tertiary/aromatic N) is 2. The zero-order chi connectivity index (χ0) is 15.2. The van der Waals surface area contributed by atoms with Crippen molar-refractivity contribution in [2.75, 3.05) is 24.3 Å². The summed E-state index contributed by atoms with van der Waals surface area (Å²) in [5.74, 6) is 2.32. The van der Waals surface area contributed by atoms with E-state index in [-0.39, 0.29) is 0 Å². The van der Waals surface area contributed by atoms with E-state index in [9.17, 15) is 0 Å². The van der Waals surface area contributed by atoms with E-state index >= 15 is 0 Å². The molecule has 0 amide bonds. The Balaban J connectivity index is 2.14. The van der Waals surface area contributed by atoms with E-state index in [0.29, 0.717) is 18.1 Å². The van der Waals surface area contributed by atoms with Gasteiger partial charge in [-0.25, -0.2) is 9.97 Å². The molecule has 0 saturated heterocycles. The van der Waals surface area contributed by atoms with E-state index in [2.05, 4.69) is 41.4 Å². The van der Waals surface area contributed by atoms with Gasteiger partial charge in [-0.05, 0) is 31.6 Å². The highest BCUT2D eigenvalue weighted by Gasteiger charge is 2.26. The van der Waals surface area contributed by atoms with Crippen molar-refractivity contribution < 1.29 is 4.74 Å². The standard InChI is InChI=1S/C16H28N4O/c1-5-8-17-15-14(11(2)3)16(19-10-18-15)20-12-6-7-13(9-12)21-4/h10-13H,5-9H2,1-4H3,(H2,17,18,19,20). The van der Waals surface area contributed by atoms with E-state index < -0.39 is 0 Å². The maximum Gasteiger partial charge on any atom is 0.135 e. The molecule has 0 aromatic carbocycles. The lowest BCUT2D eigenvalue weighted by molar-refractivity contribution is 0.108. The summed E-state index contributed by atoms with van der Waals surface area (Å²) in [7, 11) is 1.80. The lowest BCUT2D eigenvalue weighted by atomic mass is 10.0. The summed E-state index contributed by atoms with van der Waals surface area (Å²) in [5.41, 5.74) is 1.19. The van der Waals surface area contributed by atoms with Crippen molar-refractivity contribution in [1.82, 2.24) is 9.97 Å². The molecular weight excluding hydrogens is 264 g/mol. The number of aromatic nitrogens is 2. The molecule has 0 bridgehead atoms. The van der Waals surface area contributed by atoms with Crippen LogP contribution in [0.3, 0.4) is 0 Å². The SMILES string of the molecule is CCCNc1ncnc(NC2CCC(OC)C2)c1C(C)C. The molecule has 0 radical (unpaired) electrons. The quantitative estimate of drug-likeness (QED) is 0.806. The topological polar surface area (TPSA) is 59.1 Å². The third-order valence-electron chi connectivity index (χ3n) is 4.06. The van der Waals surface area contributed by atoms with Crippen molar-refractivity contribution >= 4 is 11.6 Å². The Labute approximate surface area is 127 Å². The van der Waals surface area contributed by atoms with Crippen molar-refractivity contribution in [1.29, 1.82) is 0 Å². The van der Waals surface area contributed by atoms with Gasteiger partial charge < -0.3 is 15.4 Å². The molecular formula is C16H28N4O. The molecule has 2 atom stereocenters. The minimum absolute atomic E-state index is 0.379. The van der Waals surface area contributed by atoms with Crippen molar-refractivity contribution in [3.05, 3.63) is 11.9 Å². The Bertz CT molecular complexity index is 450. The maximum absolute atomic E-state index is 5.45. The number of rotatable bonds is 7. The molecule has 1 saturated carbocycles. The lowest BCUT2D eigenvalue weighted by Gasteiger charge is -2.20. The van der Waals surface area contributed by atoms with Crippen LogP contribution in [0.1, 0.15) is 57.9 Å². The third kappa shape index (κ3) is 4.06. The summed E-state index contributed by atoms with van der Waals surface area (Å²) < 4.78 is 5.45. The van der Waals surface area contributed by atoms with E-state index in [4.69, 9.17) is 4.74 Å². The summed E-state index contributed by atoms with van der Waals surface area (Å²) in [6.07, 6.45) is 6.42. The number of anilines is 2. The summed E-state index contributed by atoms with van der Waals surface area (Å²) in [6, 6.07) is 0.446. The first kappa shape index (κ1) is 16.0. The van der Waals surface area contributed by atoms with Crippen LogP contribution in [0.4, 0.5) is 11.6 Å². The molecule has 5 heteroatoms. The van der Waals surface area contributed by atoms with Crippen LogP contribution in [-0.4, -0.2) is 35.8 Å². The van der Waals surface area contributed by atoms with Gasteiger partial charge in [0, 0.05) is 25.3 Å². The van der Waals surface area contributed by atoms with E-state index in [1.165, 1.54) is 5.56 Å². The van der Waals surface area contributed by atoms with Crippen LogP contribution < -0.4 is 10.6 Å². The van der Waals surface area contributed by atoms with Crippen LogP contribution in [0, 0.1) is 0 Å². The number of methoxy groups -OCH3 is 1. The molecule has 0 aliphatic heterocycles. The molecule has 21 heavy (non-hydrogen) atoms. The minimum Gasteiger partial charge on any atom is -0.381 e. The van der Waals surface area contributed by atoms with Gasteiger partial charge in [-0.3, -0.25) is 0 Å². The van der Waals surface area contributed by atoms with Gasteiger partial charge in [-0.1, -0.05) is 20.8 Å². The van der Waals surface area contributed by atoms with E-state index in [0.717, 1.165) is 43.9 Å². The van der Waals surface area contributed by atoms with E-state index in [1.807, 2.05) is 0 Å². The fourth-order valence-electron chi connectivity index (χ4n) is 2.92. The number of nitrogens with one attached hydrogen (secondary N) is 2. The molecule has 2 N–H and O–H groups in total. The molecule has 1 aromatic heterocycles. The highest BCUT2D eigenvalue weighted by atomic mass is 16.5. The van der Waals surface area contributed by atoms with Gasteiger partial charge in [0.25, 0.3) is 0 Å². The molecule has 0 spiro atoms. The summed E-state index contributed by atoms with van der Waals surface area (Å²) >= 11 is 0. The number of ether oxygens (including phenoxy) is 1. The monoisotopic (exact) mass is 292 g/mol. The van der Waals surface area contributed by atoms with Crippen LogP contribution in [0.15, 0.2) is 6.33 Å². The second-order valence-electron chi connectivity index (χ2n) is 6.08. The molecule has 2 unspecified atom stereocenters. The van der Waals surface area contributed by atoms with Gasteiger partial charge in [0.1, 0.15) is 18.0 Å². The van der Waals surface area contributed by atoms with Crippen LogP contribution >= 0.6 is 0 Å². The highest BCUT2D eigenvalue weighted by molar-refractivity contribution is 5.59. The molecule has 1 aliphatic carbocycles. The Morgan fingerprint density at radius 1 is 1.29 bits per heavy atom. The Hall–Kier alpha value is -1.36. The van der Waals surface area contributed by atoms with Crippen molar-refractivity contribution in [2.24, 2.45) is 0 Å². The van der Waals surface area contributed by atoms with Crippen LogP contribution in [0.25, 0.3) is 0 Å². The summed E-state index contributed by atoms with van der Waals surface area (Å²) in [5, 5.41) is 7.01. The summed E-state index contributed by atoms with van der Waals surface area (Å²) in [4.78, 5) is 8.90. The molecule has 1 fully saturated rings. The van der Waals surface area contributed by atoms with Crippen molar-refractivity contribution in [3.8, 4) is 0 Å². The average Bonchev–Trinajstić information content (AvgIpc) is 2.92. The van der Waals surface area contributed by atoms with Gasteiger partial charge in [-0.15, -0.1) is 0 Å². The molecule has 2 rings (SSSR count). The molecule has 118 valence electrons. The zero-order valence-corrected chi connectivity index (χ0v) is 13.6. The third-order valence-corrected chi connectivity index (χ3v) is 4.06. The van der Waals surface area contributed by atoms with Crippen LogP contribution in [0.5, 0.6) is 0 Å². The largest absolute Gasteiger partial charge is 0.381 e. The Morgan fingerprint density at radius 3 is 2.67 bits per heavy atom. The fraction of sp³-hybridized carbons (Fsp3) is 0.750. The second kappa shape index (κ2) is 7.59. The fourth-order valence-corrected chi connectivity index (χ4v) is 2.92. The smallest absolute Gasteiger partial charge is 0.135 e. The van der Waals surface area contributed by atoms with Gasteiger partial charge in [0.05, 0.1) is 6.10 Å². The maximum atomic E-state index is 5.45. The lowest BCUT2D eigenvalue weighted by Crippen LogP contribution is -2.20. The van der Waals surface area contributed by atoms with E-state index in [1.54, 1.807) is 13.4 Å². The zero-order valence-electron chi connectivity index (χ0n) is 13.6. The van der Waals surface area contributed by atoms with Crippen LogP contribution in [0.2, 0.25) is 0 Å². The average molecular weight is 292 g/mol. The molecule has 1 aromatic rings. The van der Waals surface area contributed by atoms with Crippen LogP contribution in [-0.2, 0) is 4.74 Å². The predicted molar refractivity (Wildman–Crippen MR) is 87.0 cm³/mol. The first-order valence-corrected chi connectivity index (χ1v) is 8.03. The van der Waals surface area contributed by atoms with Crippen molar-refractivity contribution in [2.45, 2.75) is 64.5 Å². The van der Waals surface area contributed by atoms with Gasteiger partial charge in [-0.2, -0.15) is 0 Å². The number of hydrogen-bond donors (Lipinski definition) is 2.